The lowest BCUT2D eigenvalue weighted by Crippen LogP contribution is -2.51. The van der Waals surface area contributed by atoms with Crippen LogP contribution in [0.1, 0.15) is 32.1 Å². The molecule has 3 heterocycles. The third kappa shape index (κ3) is 4.33. The molecule has 0 amide bonds. The topological polar surface area (TPSA) is 70.5 Å². The van der Waals surface area contributed by atoms with Crippen molar-refractivity contribution in [1.29, 1.82) is 0 Å². The summed E-state index contributed by atoms with van der Waals surface area (Å²) in [5.74, 6) is -3.68. The van der Waals surface area contributed by atoms with Crippen LogP contribution in [0.15, 0.2) is 48.5 Å². The summed E-state index contributed by atoms with van der Waals surface area (Å²) in [4.78, 5) is 11.2. The predicted molar refractivity (Wildman–Crippen MR) is 144 cm³/mol. The van der Waals surface area contributed by atoms with E-state index in [1.807, 2.05) is 24.3 Å². The lowest BCUT2D eigenvalue weighted by molar-refractivity contribution is -0.0514. The second-order valence-electron chi connectivity index (χ2n) is 11.1. The molecule has 2 saturated heterocycles. The first-order valence-corrected chi connectivity index (χ1v) is 13.6. The summed E-state index contributed by atoms with van der Waals surface area (Å²) < 4.78 is 50.7. The molecule has 7 rings (SSSR count). The Balaban J connectivity index is 1.35. The van der Waals surface area contributed by atoms with Gasteiger partial charge in [0.15, 0.2) is 5.82 Å². The quantitative estimate of drug-likeness (QED) is 0.325. The Kier molecular flexibility index (Phi) is 5.80. The summed E-state index contributed by atoms with van der Waals surface area (Å²) in [5.41, 5.74) is 0.898. The van der Waals surface area contributed by atoms with Gasteiger partial charge in [0.25, 0.3) is 5.92 Å². The number of nitrogens with zero attached hydrogens (tertiary/aromatic N) is 3. The number of rotatable bonds is 5. The minimum absolute atomic E-state index is 0.0318. The smallest absolute Gasteiger partial charge is 0.319 e. The molecule has 6 nitrogen and oxygen atoms in total. The summed E-state index contributed by atoms with van der Waals surface area (Å²) in [6.07, 6.45) is 2.80. The van der Waals surface area contributed by atoms with E-state index in [0.29, 0.717) is 54.8 Å². The highest BCUT2D eigenvalue weighted by Gasteiger charge is 2.44. The van der Waals surface area contributed by atoms with Crippen LogP contribution in [0.5, 0.6) is 11.8 Å². The Morgan fingerprint density at radius 2 is 1.77 bits per heavy atom. The van der Waals surface area contributed by atoms with Crippen molar-refractivity contribution in [3.05, 3.63) is 54.3 Å². The van der Waals surface area contributed by atoms with Gasteiger partial charge in [-0.25, -0.2) is 13.2 Å². The third-order valence-corrected chi connectivity index (χ3v) is 8.49. The molecule has 1 unspecified atom stereocenters. The van der Waals surface area contributed by atoms with Gasteiger partial charge < -0.3 is 20.1 Å². The molecule has 2 N–H and O–H groups in total. The highest BCUT2D eigenvalue weighted by molar-refractivity contribution is 6.01. The van der Waals surface area contributed by atoms with E-state index in [-0.39, 0.29) is 35.9 Å². The molecule has 0 radical (unpaired) electrons. The number of benzene rings is 3. The highest BCUT2D eigenvalue weighted by Crippen LogP contribution is 2.41. The zero-order valence-electron chi connectivity index (χ0n) is 21.3. The molecule has 1 aliphatic carbocycles. The van der Waals surface area contributed by atoms with Gasteiger partial charge in [-0.15, -0.1) is 0 Å². The maximum Gasteiger partial charge on any atom is 0.319 e. The third-order valence-electron chi connectivity index (χ3n) is 8.49. The van der Waals surface area contributed by atoms with Gasteiger partial charge >= 0.3 is 6.01 Å². The van der Waals surface area contributed by atoms with Crippen molar-refractivity contribution >= 4 is 27.5 Å². The summed E-state index contributed by atoms with van der Waals surface area (Å²) in [6, 6.07) is 14.7. The number of alkyl halides is 2. The number of phenolic OH excluding ortho intramolecular Hbond substituents is 1. The van der Waals surface area contributed by atoms with Gasteiger partial charge in [-0.1, -0.05) is 30.3 Å². The molecule has 2 bridgehead atoms. The maximum absolute atomic E-state index is 16.4. The van der Waals surface area contributed by atoms with E-state index in [0.717, 1.165) is 23.6 Å². The number of halogens is 3. The van der Waals surface area contributed by atoms with Gasteiger partial charge in [0.1, 0.15) is 23.7 Å². The molecule has 3 fully saturated rings. The molecule has 2 aliphatic heterocycles. The normalized spacial score (nSPS) is 24.1. The minimum atomic E-state index is -2.79. The highest BCUT2D eigenvalue weighted by atomic mass is 19.3. The van der Waals surface area contributed by atoms with Crippen molar-refractivity contribution in [2.75, 3.05) is 24.6 Å². The number of phenols is 1. The Morgan fingerprint density at radius 1 is 0.974 bits per heavy atom. The van der Waals surface area contributed by atoms with Gasteiger partial charge in [-0.3, -0.25) is 0 Å². The molecule has 39 heavy (non-hydrogen) atoms. The fraction of sp³-hybridized carbons (Fsp3) is 0.400. The Bertz CT molecular complexity index is 1570. The van der Waals surface area contributed by atoms with Crippen molar-refractivity contribution in [3.63, 3.8) is 0 Å². The fourth-order valence-corrected chi connectivity index (χ4v) is 6.51. The Labute approximate surface area is 223 Å². The van der Waals surface area contributed by atoms with Crippen molar-refractivity contribution in [3.8, 4) is 22.9 Å². The summed E-state index contributed by atoms with van der Waals surface area (Å²) in [5, 5.41) is 16.1. The van der Waals surface area contributed by atoms with Crippen molar-refractivity contribution in [2.45, 2.75) is 50.1 Å². The second kappa shape index (κ2) is 9.26. The molecule has 4 aromatic rings. The molecule has 0 spiro atoms. The lowest BCUT2D eigenvalue weighted by atomic mass is 9.96. The molecular weight excluding hydrogens is 505 g/mol. The van der Waals surface area contributed by atoms with Crippen LogP contribution < -0.4 is 15.0 Å². The average molecular weight is 535 g/mol. The summed E-state index contributed by atoms with van der Waals surface area (Å²) in [6.45, 7) is 1.20. The number of piperazine rings is 1. The molecule has 202 valence electrons. The molecular formula is C30H29F3N4O2. The SMILES string of the molecule is Oc1cc(-c2ccc3c(N4C[C@H]5CC[C@@H](C4)N5)nc(OCC4CCCC4(F)F)nc3c2F)c2ccccc2c1. The van der Waals surface area contributed by atoms with Crippen LogP contribution in [-0.4, -0.2) is 52.8 Å². The number of aromatic hydroxyl groups is 1. The van der Waals surface area contributed by atoms with Gasteiger partial charge in [0.2, 0.25) is 0 Å². The lowest BCUT2D eigenvalue weighted by Gasteiger charge is -2.34. The first-order chi connectivity index (χ1) is 18.9. The minimum Gasteiger partial charge on any atom is -0.508 e. The van der Waals surface area contributed by atoms with Gasteiger partial charge in [-0.05, 0) is 60.2 Å². The van der Waals surface area contributed by atoms with Crippen molar-refractivity contribution < 1.29 is 23.0 Å². The Hall–Kier alpha value is -3.59. The molecule has 1 aromatic heterocycles. The average Bonchev–Trinajstić information content (AvgIpc) is 3.45. The summed E-state index contributed by atoms with van der Waals surface area (Å²) >= 11 is 0. The van der Waals surface area contributed by atoms with Crippen LogP contribution in [0.2, 0.25) is 0 Å². The number of ether oxygens (including phenoxy) is 1. The van der Waals surface area contributed by atoms with Crippen LogP contribution in [0, 0.1) is 11.7 Å². The Morgan fingerprint density at radius 3 is 2.54 bits per heavy atom. The monoisotopic (exact) mass is 534 g/mol. The number of hydrogen-bond acceptors (Lipinski definition) is 6. The van der Waals surface area contributed by atoms with Gasteiger partial charge in [0.05, 0.1) is 5.92 Å². The van der Waals surface area contributed by atoms with Gasteiger partial charge in [0, 0.05) is 42.5 Å². The van der Waals surface area contributed by atoms with E-state index in [2.05, 4.69) is 20.2 Å². The number of aromatic nitrogens is 2. The largest absolute Gasteiger partial charge is 0.508 e. The fourth-order valence-electron chi connectivity index (χ4n) is 6.51. The first-order valence-electron chi connectivity index (χ1n) is 13.6. The van der Waals surface area contributed by atoms with Gasteiger partial charge in [-0.2, -0.15) is 9.97 Å². The van der Waals surface area contributed by atoms with Crippen molar-refractivity contribution in [2.24, 2.45) is 5.92 Å². The van der Waals surface area contributed by atoms with Crippen molar-refractivity contribution in [1.82, 2.24) is 15.3 Å². The standard InChI is InChI=1S/C30H29F3N4O2/c31-26-23(25-13-21(38)12-17-4-1-2-6-22(17)25)9-10-24-27(26)35-29(39-16-18-5-3-11-30(18,32)33)36-28(24)37-14-19-7-8-20(15-37)34-19/h1-2,4,6,9-10,12-13,18-20,34,38H,3,5,7-8,11,14-16H2/t18?,19-,20+. The van der Waals surface area contributed by atoms with Crippen LogP contribution in [-0.2, 0) is 0 Å². The molecule has 3 aliphatic rings. The van der Waals surface area contributed by atoms with Crippen LogP contribution in [0.3, 0.4) is 0 Å². The van der Waals surface area contributed by atoms with E-state index < -0.39 is 17.7 Å². The summed E-state index contributed by atoms with van der Waals surface area (Å²) in [7, 11) is 0. The van der Waals surface area contributed by atoms with Crippen LogP contribution in [0.25, 0.3) is 32.8 Å². The number of fused-ring (bicyclic) bond motifs is 4. The van der Waals surface area contributed by atoms with Crippen LogP contribution >= 0.6 is 0 Å². The molecule has 1 saturated carbocycles. The van der Waals surface area contributed by atoms with E-state index >= 15 is 4.39 Å². The molecule has 3 aromatic carbocycles. The number of anilines is 1. The molecule has 3 atom stereocenters. The van der Waals surface area contributed by atoms with E-state index in [9.17, 15) is 13.9 Å². The number of nitrogens with one attached hydrogen (secondary N) is 1. The second-order valence-corrected chi connectivity index (χ2v) is 11.1. The number of hydrogen-bond donors (Lipinski definition) is 2. The maximum atomic E-state index is 16.4. The zero-order chi connectivity index (χ0) is 26.7. The predicted octanol–water partition coefficient (Wildman–Crippen LogP) is 6.05. The zero-order valence-corrected chi connectivity index (χ0v) is 21.3. The van der Waals surface area contributed by atoms with E-state index in [4.69, 9.17) is 4.74 Å². The molecule has 9 heteroatoms. The van der Waals surface area contributed by atoms with Crippen LogP contribution in [0.4, 0.5) is 19.0 Å². The first kappa shape index (κ1) is 24.5. The van der Waals surface area contributed by atoms with E-state index in [1.54, 1.807) is 24.3 Å². The van der Waals surface area contributed by atoms with E-state index in [1.165, 1.54) is 0 Å².